The Morgan fingerprint density at radius 2 is 1.83 bits per heavy atom. The Kier molecular flexibility index (Phi) is 4.80. The Labute approximate surface area is 136 Å². The van der Waals surface area contributed by atoms with Crippen molar-refractivity contribution >= 4 is 66.0 Å². The number of carbonyl (C=O) groups is 1. The molecule has 2 nitrogen and oxygen atoms in total. The highest BCUT2D eigenvalue weighted by atomic mass is 127. The van der Waals surface area contributed by atoms with Crippen LogP contribution in [0.3, 0.4) is 0 Å². The molecule has 0 aromatic heterocycles. The highest BCUT2D eigenvalue weighted by molar-refractivity contribution is 14.1. The zero-order valence-electron chi connectivity index (χ0n) is 9.08. The first-order valence-corrected chi connectivity index (χ1v) is 7.75. The summed E-state index contributed by atoms with van der Waals surface area (Å²) in [6, 6.07) is 13.1. The van der Waals surface area contributed by atoms with Gasteiger partial charge in [-0.15, -0.1) is 0 Å². The van der Waals surface area contributed by atoms with Crippen LogP contribution < -0.4 is 5.32 Å². The summed E-state index contributed by atoms with van der Waals surface area (Å²) in [7, 11) is 0. The first kappa shape index (κ1) is 14.0. The van der Waals surface area contributed by atoms with Crippen LogP contribution in [0.1, 0.15) is 10.4 Å². The number of para-hydroxylation sites is 1. The van der Waals surface area contributed by atoms with Gasteiger partial charge in [0, 0.05) is 12.5 Å². The van der Waals surface area contributed by atoms with Gasteiger partial charge in [0.2, 0.25) is 0 Å². The van der Waals surface area contributed by atoms with Gasteiger partial charge in [-0.05, 0) is 68.9 Å². The maximum absolute atomic E-state index is 12.1. The van der Waals surface area contributed by atoms with E-state index in [4.69, 9.17) is 0 Å². The molecule has 0 saturated carbocycles. The zero-order chi connectivity index (χ0) is 13.1. The normalized spacial score (nSPS) is 10.2. The minimum Gasteiger partial charge on any atom is -0.321 e. The van der Waals surface area contributed by atoms with Gasteiger partial charge < -0.3 is 5.32 Å². The number of anilines is 1. The monoisotopic (exact) mass is 479 g/mol. The first-order valence-electron chi connectivity index (χ1n) is 5.09. The fourth-order valence-electron chi connectivity index (χ4n) is 1.43. The lowest BCUT2D eigenvalue weighted by Crippen LogP contribution is -2.13. The van der Waals surface area contributed by atoms with Crippen LogP contribution in [0.4, 0.5) is 5.69 Å². The third kappa shape index (κ3) is 3.33. The molecule has 18 heavy (non-hydrogen) atoms. The third-order valence-corrected chi connectivity index (χ3v) is 4.39. The Balaban J connectivity index is 2.25. The minimum atomic E-state index is -0.126. The Morgan fingerprint density at radius 1 is 1.11 bits per heavy atom. The number of halogens is 3. The summed E-state index contributed by atoms with van der Waals surface area (Å²) in [6.45, 7) is 0. The first-order chi connectivity index (χ1) is 8.58. The summed E-state index contributed by atoms with van der Waals surface area (Å²) < 4.78 is 2.71. The minimum absolute atomic E-state index is 0.126. The molecular weight excluding hydrogens is 473 g/mol. The van der Waals surface area contributed by atoms with E-state index in [1.165, 1.54) is 0 Å². The summed E-state index contributed by atoms with van der Waals surface area (Å²) in [4.78, 5) is 12.1. The fourth-order valence-corrected chi connectivity index (χ4v) is 3.18. The lowest BCUT2D eigenvalue weighted by atomic mass is 10.2. The second-order valence-corrected chi connectivity index (χ2v) is 6.49. The predicted octanol–water partition coefficient (Wildman–Crippen LogP) is 5.07. The molecule has 5 heteroatoms. The maximum Gasteiger partial charge on any atom is 0.256 e. The van der Waals surface area contributed by atoms with Gasteiger partial charge in [0.1, 0.15) is 0 Å². The molecular formula is C13H8Br2INO. The van der Waals surface area contributed by atoms with E-state index in [0.29, 0.717) is 5.56 Å². The zero-order valence-corrected chi connectivity index (χ0v) is 14.4. The molecule has 2 rings (SSSR count). The highest BCUT2D eigenvalue weighted by Gasteiger charge is 2.11. The summed E-state index contributed by atoms with van der Waals surface area (Å²) in [5, 5.41) is 2.90. The van der Waals surface area contributed by atoms with Crippen LogP contribution in [-0.2, 0) is 0 Å². The van der Waals surface area contributed by atoms with Gasteiger partial charge in [0.25, 0.3) is 5.91 Å². The van der Waals surface area contributed by atoms with Crippen LogP contribution in [0.25, 0.3) is 0 Å². The van der Waals surface area contributed by atoms with Crippen molar-refractivity contribution in [3.63, 3.8) is 0 Å². The van der Waals surface area contributed by atoms with E-state index in [2.05, 4.69) is 59.8 Å². The fraction of sp³-hybridized carbons (Fsp3) is 0. The van der Waals surface area contributed by atoms with Crippen molar-refractivity contribution in [1.29, 1.82) is 0 Å². The van der Waals surface area contributed by atoms with Crippen molar-refractivity contribution in [3.05, 3.63) is 60.5 Å². The Morgan fingerprint density at radius 3 is 2.50 bits per heavy atom. The smallest absolute Gasteiger partial charge is 0.256 e. The van der Waals surface area contributed by atoms with Gasteiger partial charge in [-0.3, -0.25) is 4.79 Å². The average Bonchev–Trinajstić information content (AvgIpc) is 2.32. The van der Waals surface area contributed by atoms with Crippen LogP contribution in [0, 0.1) is 3.57 Å². The number of carbonyl (C=O) groups excluding carboxylic acids is 1. The molecule has 0 heterocycles. The molecule has 0 fully saturated rings. The SMILES string of the molecule is O=C(Nc1ccccc1I)c1ccc(Br)cc1Br. The molecule has 2 aromatic rings. The van der Waals surface area contributed by atoms with E-state index in [1.54, 1.807) is 6.07 Å². The molecule has 1 N–H and O–H groups in total. The van der Waals surface area contributed by atoms with Crippen molar-refractivity contribution in [2.75, 3.05) is 5.32 Å². The largest absolute Gasteiger partial charge is 0.321 e. The molecule has 0 unspecified atom stereocenters. The van der Waals surface area contributed by atoms with Crippen LogP contribution >= 0.6 is 54.5 Å². The Hall–Kier alpha value is -0.400. The van der Waals surface area contributed by atoms with Crippen molar-refractivity contribution in [3.8, 4) is 0 Å². The van der Waals surface area contributed by atoms with Crippen LogP contribution in [0.2, 0.25) is 0 Å². The summed E-state index contributed by atoms with van der Waals surface area (Å²) in [5.41, 5.74) is 1.43. The molecule has 0 aliphatic carbocycles. The van der Waals surface area contributed by atoms with Crippen molar-refractivity contribution < 1.29 is 4.79 Å². The third-order valence-electron chi connectivity index (χ3n) is 2.30. The van der Waals surface area contributed by atoms with E-state index < -0.39 is 0 Å². The topological polar surface area (TPSA) is 29.1 Å². The summed E-state index contributed by atoms with van der Waals surface area (Å²) >= 11 is 8.94. The predicted molar refractivity (Wildman–Crippen MR) is 89.0 cm³/mol. The average molecular weight is 481 g/mol. The number of benzene rings is 2. The molecule has 0 atom stereocenters. The quantitative estimate of drug-likeness (QED) is 0.597. The van der Waals surface area contributed by atoms with E-state index in [1.807, 2.05) is 36.4 Å². The molecule has 0 bridgehead atoms. The number of nitrogens with one attached hydrogen (secondary N) is 1. The van der Waals surface area contributed by atoms with Crippen LogP contribution in [0.5, 0.6) is 0 Å². The second kappa shape index (κ2) is 6.16. The van der Waals surface area contributed by atoms with E-state index >= 15 is 0 Å². The van der Waals surface area contributed by atoms with Crippen LogP contribution in [0.15, 0.2) is 51.4 Å². The molecule has 0 saturated heterocycles. The molecule has 2 aromatic carbocycles. The van der Waals surface area contributed by atoms with Crippen molar-refractivity contribution in [1.82, 2.24) is 0 Å². The van der Waals surface area contributed by atoms with Gasteiger partial charge in [0.05, 0.1) is 11.3 Å². The summed E-state index contributed by atoms with van der Waals surface area (Å²) in [5.74, 6) is -0.126. The van der Waals surface area contributed by atoms with Gasteiger partial charge in [-0.25, -0.2) is 0 Å². The van der Waals surface area contributed by atoms with Gasteiger partial charge >= 0.3 is 0 Å². The number of amides is 1. The van der Waals surface area contributed by atoms with Gasteiger partial charge in [0.15, 0.2) is 0 Å². The maximum atomic E-state index is 12.1. The highest BCUT2D eigenvalue weighted by Crippen LogP contribution is 2.24. The molecule has 92 valence electrons. The molecule has 1 amide bonds. The van der Waals surface area contributed by atoms with E-state index in [0.717, 1.165) is 18.2 Å². The Bertz CT molecular complexity index is 601. The molecule has 0 spiro atoms. The molecule has 0 radical (unpaired) electrons. The van der Waals surface area contributed by atoms with Crippen LogP contribution in [-0.4, -0.2) is 5.91 Å². The molecule has 0 aliphatic heterocycles. The van der Waals surface area contributed by atoms with E-state index in [9.17, 15) is 4.79 Å². The van der Waals surface area contributed by atoms with Crippen molar-refractivity contribution in [2.24, 2.45) is 0 Å². The number of hydrogen-bond acceptors (Lipinski definition) is 1. The lowest BCUT2D eigenvalue weighted by molar-refractivity contribution is 0.102. The second-order valence-electron chi connectivity index (χ2n) is 3.56. The lowest BCUT2D eigenvalue weighted by Gasteiger charge is -2.08. The summed E-state index contributed by atoms with van der Waals surface area (Å²) in [6.07, 6.45) is 0. The van der Waals surface area contributed by atoms with Gasteiger partial charge in [-0.1, -0.05) is 28.1 Å². The van der Waals surface area contributed by atoms with E-state index in [-0.39, 0.29) is 5.91 Å². The molecule has 0 aliphatic rings. The standard InChI is InChI=1S/C13H8Br2INO/c14-8-5-6-9(10(15)7-8)13(18)17-12-4-2-1-3-11(12)16/h1-7H,(H,17,18). The van der Waals surface area contributed by atoms with Gasteiger partial charge in [-0.2, -0.15) is 0 Å². The number of rotatable bonds is 2. The van der Waals surface area contributed by atoms with Crippen molar-refractivity contribution in [2.45, 2.75) is 0 Å². The number of hydrogen-bond donors (Lipinski definition) is 1.